The summed E-state index contributed by atoms with van der Waals surface area (Å²) in [4.78, 5) is 23.2. The first-order chi connectivity index (χ1) is 8.54. The van der Waals surface area contributed by atoms with Crippen LogP contribution < -0.4 is 16.4 Å². The Morgan fingerprint density at radius 1 is 1.39 bits per heavy atom. The standard InChI is InChI=1S/C12H17N3O2S/c1-8-4-3-5-9(11(8)13)18-7-6-10(16)15-12(17)14-2/h3-5H,6-7,13H2,1-2H3,(H2,14,15,16,17). The van der Waals surface area contributed by atoms with Gasteiger partial charge in [-0.3, -0.25) is 10.1 Å². The lowest BCUT2D eigenvalue weighted by atomic mass is 10.2. The molecule has 4 N–H and O–H groups in total. The number of rotatable bonds is 4. The number of hydrogen-bond donors (Lipinski definition) is 3. The summed E-state index contributed by atoms with van der Waals surface area (Å²) >= 11 is 1.51. The van der Waals surface area contributed by atoms with E-state index in [9.17, 15) is 9.59 Å². The van der Waals surface area contributed by atoms with Gasteiger partial charge in [-0.15, -0.1) is 11.8 Å². The van der Waals surface area contributed by atoms with E-state index in [0.29, 0.717) is 5.75 Å². The summed E-state index contributed by atoms with van der Waals surface area (Å²) in [6.45, 7) is 1.94. The number of carbonyl (C=O) groups is 2. The Labute approximate surface area is 111 Å². The van der Waals surface area contributed by atoms with Crippen LogP contribution in [-0.2, 0) is 4.79 Å². The smallest absolute Gasteiger partial charge is 0.321 e. The van der Waals surface area contributed by atoms with E-state index in [0.717, 1.165) is 16.1 Å². The molecule has 0 aliphatic heterocycles. The highest BCUT2D eigenvalue weighted by Gasteiger charge is 2.07. The van der Waals surface area contributed by atoms with Gasteiger partial charge in [-0.1, -0.05) is 12.1 Å². The average Bonchev–Trinajstić information content (AvgIpc) is 2.34. The molecule has 1 rings (SSSR count). The summed E-state index contributed by atoms with van der Waals surface area (Å²) in [7, 11) is 1.46. The number of para-hydroxylation sites is 1. The third-order valence-electron chi connectivity index (χ3n) is 2.35. The summed E-state index contributed by atoms with van der Waals surface area (Å²) in [6.07, 6.45) is 0.269. The normalized spacial score (nSPS) is 9.89. The topological polar surface area (TPSA) is 84.2 Å². The SMILES string of the molecule is CNC(=O)NC(=O)CCSc1cccc(C)c1N. The second-order valence-electron chi connectivity index (χ2n) is 3.71. The Hall–Kier alpha value is -1.69. The Bertz CT molecular complexity index is 449. The molecule has 0 saturated carbocycles. The number of hydrogen-bond acceptors (Lipinski definition) is 4. The van der Waals surface area contributed by atoms with Gasteiger partial charge in [-0.25, -0.2) is 4.79 Å². The van der Waals surface area contributed by atoms with Gasteiger partial charge in [-0.05, 0) is 18.6 Å². The zero-order valence-electron chi connectivity index (χ0n) is 10.4. The first kappa shape index (κ1) is 14.4. The van der Waals surface area contributed by atoms with Crippen molar-refractivity contribution in [3.05, 3.63) is 23.8 Å². The molecule has 0 spiro atoms. The molecule has 0 aliphatic carbocycles. The number of nitrogens with two attached hydrogens (primary N) is 1. The molecule has 0 heterocycles. The molecule has 3 amide bonds. The number of aryl methyl sites for hydroxylation is 1. The van der Waals surface area contributed by atoms with E-state index in [1.54, 1.807) is 0 Å². The molecule has 5 nitrogen and oxygen atoms in total. The fourth-order valence-electron chi connectivity index (χ4n) is 1.28. The molecular weight excluding hydrogens is 250 g/mol. The lowest BCUT2D eigenvalue weighted by Gasteiger charge is -2.07. The molecule has 0 aromatic heterocycles. The first-order valence-corrected chi connectivity index (χ1v) is 6.52. The zero-order valence-corrected chi connectivity index (χ0v) is 11.3. The Morgan fingerprint density at radius 3 is 2.78 bits per heavy atom. The minimum atomic E-state index is -0.486. The van der Waals surface area contributed by atoms with Gasteiger partial charge in [-0.2, -0.15) is 0 Å². The van der Waals surface area contributed by atoms with Crippen molar-refractivity contribution in [2.75, 3.05) is 18.5 Å². The van der Waals surface area contributed by atoms with Gasteiger partial charge in [0.1, 0.15) is 0 Å². The van der Waals surface area contributed by atoms with Gasteiger partial charge in [0.2, 0.25) is 5.91 Å². The second kappa shape index (κ2) is 6.90. The molecule has 0 bridgehead atoms. The lowest BCUT2D eigenvalue weighted by molar-refractivity contribution is -0.119. The van der Waals surface area contributed by atoms with E-state index in [-0.39, 0.29) is 12.3 Å². The maximum Gasteiger partial charge on any atom is 0.321 e. The Morgan fingerprint density at radius 2 is 2.11 bits per heavy atom. The second-order valence-corrected chi connectivity index (χ2v) is 4.85. The minimum Gasteiger partial charge on any atom is -0.398 e. The van der Waals surface area contributed by atoms with Crippen molar-refractivity contribution in [3.8, 4) is 0 Å². The van der Waals surface area contributed by atoms with Gasteiger partial charge in [0.25, 0.3) is 0 Å². The van der Waals surface area contributed by atoms with Crippen molar-refractivity contribution >= 4 is 29.4 Å². The number of amides is 3. The quantitative estimate of drug-likeness (QED) is 0.570. The first-order valence-electron chi connectivity index (χ1n) is 5.54. The number of thioether (sulfide) groups is 1. The molecule has 0 unspecified atom stereocenters. The maximum atomic E-state index is 11.3. The van der Waals surface area contributed by atoms with Crippen LogP contribution in [-0.4, -0.2) is 24.7 Å². The minimum absolute atomic E-state index is 0.269. The largest absolute Gasteiger partial charge is 0.398 e. The highest BCUT2D eigenvalue weighted by atomic mass is 32.2. The summed E-state index contributed by atoms with van der Waals surface area (Å²) in [6, 6.07) is 5.31. The molecular formula is C12H17N3O2S. The summed E-state index contributed by atoms with van der Waals surface area (Å²) in [5.74, 6) is 0.282. The lowest BCUT2D eigenvalue weighted by Crippen LogP contribution is -2.37. The molecule has 0 aliphatic rings. The van der Waals surface area contributed by atoms with Gasteiger partial charge < -0.3 is 11.1 Å². The number of benzene rings is 1. The third-order valence-corrected chi connectivity index (χ3v) is 3.43. The Balaban J connectivity index is 2.40. The molecule has 18 heavy (non-hydrogen) atoms. The highest BCUT2D eigenvalue weighted by molar-refractivity contribution is 7.99. The van der Waals surface area contributed by atoms with Crippen molar-refractivity contribution in [1.29, 1.82) is 0 Å². The zero-order chi connectivity index (χ0) is 13.5. The number of carbonyl (C=O) groups excluding carboxylic acids is 2. The van der Waals surface area contributed by atoms with Crippen molar-refractivity contribution in [2.24, 2.45) is 0 Å². The van der Waals surface area contributed by atoms with Gasteiger partial charge in [0, 0.05) is 29.8 Å². The van der Waals surface area contributed by atoms with E-state index < -0.39 is 6.03 Å². The molecule has 6 heteroatoms. The van der Waals surface area contributed by atoms with Crippen molar-refractivity contribution < 1.29 is 9.59 Å². The van der Waals surface area contributed by atoms with Crippen LogP contribution in [0.2, 0.25) is 0 Å². The monoisotopic (exact) mass is 267 g/mol. The van der Waals surface area contributed by atoms with Crippen LogP contribution in [0.25, 0.3) is 0 Å². The predicted octanol–water partition coefficient (Wildman–Crippen LogP) is 1.52. The van der Waals surface area contributed by atoms with E-state index in [1.165, 1.54) is 18.8 Å². The highest BCUT2D eigenvalue weighted by Crippen LogP contribution is 2.27. The average molecular weight is 267 g/mol. The van der Waals surface area contributed by atoms with E-state index in [1.807, 2.05) is 25.1 Å². The van der Waals surface area contributed by atoms with Crippen LogP contribution in [0.3, 0.4) is 0 Å². The molecule has 0 fully saturated rings. The number of anilines is 1. The van der Waals surface area contributed by atoms with E-state index >= 15 is 0 Å². The maximum absolute atomic E-state index is 11.3. The van der Waals surface area contributed by atoms with Crippen LogP contribution in [0.15, 0.2) is 23.1 Å². The van der Waals surface area contributed by atoms with Crippen molar-refractivity contribution in [2.45, 2.75) is 18.2 Å². The number of urea groups is 1. The molecule has 1 aromatic rings. The fourth-order valence-corrected chi connectivity index (χ4v) is 2.28. The number of nitrogens with one attached hydrogen (secondary N) is 2. The van der Waals surface area contributed by atoms with E-state index in [4.69, 9.17) is 5.73 Å². The molecule has 0 saturated heterocycles. The van der Waals surface area contributed by atoms with Crippen LogP contribution >= 0.6 is 11.8 Å². The summed E-state index contributed by atoms with van der Waals surface area (Å²) in [5.41, 5.74) is 7.68. The predicted molar refractivity (Wildman–Crippen MR) is 73.5 cm³/mol. The van der Waals surface area contributed by atoms with Crippen LogP contribution in [0, 0.1) is 6.92 Å². The van der Waals surface area contributed by atoms with Crippen molar-refractivity contribution in [1.82, 2.24) is 10.6 Å². The van der Waals surface area contributed by atoms with Gasteiger partial charge in [0.15, 0.2) is 0 Å². The van der Waals surface area contributed by atoms with Crippen LogP contribution in [0.1, 0.15) is 12.0 Å². The number of nitrogen functional groups attached to an aromatic ring is 1. The Kier molecular flexibility index (Phi) is 5.51. The fraction of sp³-hybridized carbons (Fsp3) is 0.333. The molecule has 98 valence electrons. The van der Waals surface area contributed by atoms with Gasteiger partial charge >= 0.3 is 6.03 Å². The van der Waals surface area contributed by atoms with Crippen molar-refractivity contribution in [3.63, 3.8) is 0 Å². The molecule has 1 aromatic carbocycles. The molecule has 0 radical (unpaired) electrons. The summed E-state index contributed by atoms with van der Waals surface area (Å²) in [5, 5.41) is 4.53. The number of imide groups is 1. The van der Waals surface area contributed by atoms with E-state index in [2.05, 4.69) is 10.6 Å². The summed E-state index contributed by atoms with van der Waals surface area (Å²) < 4.78 is 0. The van der Waals surface area contributed by atoms with Crippen LogP contribution in [0.5, 0.6) is 0 Å². The van der Waals surface area contributed by atoms with Crippen LogP contribution in [0.4, 0.5) is 10.5 Å². The van der Waals surface area contributed by atoms with Gasteiger partial charge in [0.05, 0.1) is 0 Å². The molecule has 0 atom stereocenters. The third kappa shape index (κ3) is 4.29.